The molecule has 0 amide bonds. The third-order valence-corrected chi connectivity index (χ3v) is 4.39. The maximum Gasteiger partial charge on any atom is 0.129 e. The highest BCUT2D eigenvalue weighted by atomic mass is 35.5. The molecule has 2 rings (SSSR count). The molecule has 1 aromatic rings. The molecule has 0 bridgehead atoms. The second kappa shape index (κ2) is 5.74. The van der Waals surface area contributed by atoms with Gasteiger partial charge in [-0.3, -0.25) is 0 Å². The first-order valence-corrected chi connectivity index (χ1v) is 7.27. The van der Waals surface area contributed by atoms with Crippen LogP contribution in [0.1, 0.15) is 24.8 Å². The van der Waals surface area contributed by atoms with Gasteiger partial charge in [-0.25, -0.2) is 4.98 Å². The van der Waals surface area contributed by atoms with Gasteiger partial charge >= 0.3 is 0 Å². The van der Waals surface area contributed by atoms with Crippen LogP contribution in [0.4, 0.5) is 0 Å². The van der Waals surface area contributed by atoms with Crippen LogP contribution in [-0.2, 0) is 0 Å². The molecule has 2 atom stereocenters. The summed E-state index contributed by atoms with van der Waals surface area (Å²) < 4.78 is 0. The Morgan fingerprint density at radius 2 is 2.31 bits per heavy atom. The van der Waals surface area contributed by atoms with Gasteiger partial charge in [0, 0.05) is 11.4 Å². The zero-order valence-corrected chi connectivity index (χ0v) is 11.0. The second-order valence-corrected chi connectivity index (χ2v) is 5.73. The fraction of sp³-hybridized carbons (Fsp3) is 0.462. The fourth-order valence-corrected chi connectivity index (χ4v) is 3.02. The van der Waals surface area contributed by atoms with E-state index in [0.717, 1.165) is 16.7 Å². The molecule has 1 heterocycles. The minimum atomic E-state index is 0.556. The van der Waals surface area contributed by atoms with E-state index in [2.05, 4.69) is 23.4 Å². The minimum absolute atomic E-state index is 0.556. The second-order valence-electron chi connectivity index (χ2n) is 4.20. The van der Waals surface area contributed by atoms with Gasteiger partial charge in [0.05, 0.1) is 0 Å². The molecule has 1 saturated carbocycles. The summed E-state index contributed by atoms with van der Waals surface area (Å²) in [6.07, 6.45) is 12.5. The standard InChI is InChI=1S/C13H16ClNS/c1-16-12-6-4-10(8-12)2-3-11-5-7-13(14)15-9-11/h2-3,5,7,9-10,12H,4,6,8H2,1H3/b3-2+. The quantitative estimate of drug-likeness (QED) is 0.746. The Kier molecular flexibility index (Phi) is 4.30. The summed E-state index contributed by atoms with van der Waals surface area (Å²) >= 11 is 7.73. The summed E-state index contributed by atoms with van der Waals surface area (Å²) in [5.74, 6) is 0.744. The molecule has 16 heavy (non-hydrogen) atoms. The number of allylic oxidation sites excluding steroid dienone is 1. The van der Waals surface area contributed by atoms with Crippen LogP contribution >= 0.6 is 23.4 Å². The third kappa shape index (κ3) is 3.26. The van der Waals surface area contributed by atoms with E-state index in [0.29, 0.717) is 5.15 Å². The van der Waals surface area contributed by atoms with Crippen LogP contribution in [0, 0.1) is 5.92 Å². The molecule has 0 radical (unpaired) electrons. The van der Waals surface area contributed by atoms with E-state index in [1.54, 1.807) is 0 Å². The van der Waals surface area contributed by atoms with Gasteiger partial charge in [0.15, 0.2) is 0 Å². The summed E-state index contributed by atoms with van der Waals surface area (Å²) in [5.41, 5.74) is 1.14. The van der Waals surface area contributed by atoms with Crippen molar-refractivity contribution in [2.75, 3.05) is 6.26 Å². The average Bonchev–Trinajstić information content (AvgIpc) is 2.76. The lowest BCUT2D eigenvalue weighted by atomic mass is 10.1. The number of aromatic nitrogens is 1. The van der Waals surface area contributed by atoms with Gasteiger partial charge in [-0.05, 0) is 43.1 Å². The van der Waals surface area contributed by atoms with E-state index < -0.39 is 0 Å². The van der Waals surface area contributed by atoms with Crippen molar-refractivity contribution in [1.82, 2.24) is 4.98 Å². The van der Waals surface area contributed by atoms with Crippen LogP contribution in [0.2, 0.25) is 5.15 Å². The van der Waals surface area contributed by atoms with Gasteiger partial charge in [0.25, 0.3) is 0 Å². The molecule has 86 valence electrons. The zero-order chi connectivity index (χ0) is 11.4. The first-order valence-electron chi connectivity index (χ1n) is 5.60. The van der Waals surface area contributed by atoms with Crippen molar-refractivity contribution < 1.29 is 0 Å². The van der Waals surface area contributed by atoms with Crippen LogP contribution in [0.15, 0.2) is 24.4 Å². The number of rotatable bonds is 3. The lowest BCUT2D eigenvalue weighted by molar-refractivity contribution is 0.691. The Morgan fingerprint density at radius 3 is 2.94 bits per heavy atom. The first kappa shape index (κ1) is 12.0. The summed E-state index contributed by atoms with van der Waals surface area (Å²) in [6, 6.07) is 3.84. The molecule has 0 saturated heterocycles. The highest BCUT2D eigenvalue weighted by molar-refractivity contribution is 7.99. The normalized spacial score (nSPS) is 25.4. The molecular formula is C13H16ClNS. The van der Waals surface area contributed by atoms with Crippen LogP contribution < -0.4 is 0 Å². The van der Waals surface area contributed by atoms with E-state index in [9.17, 15) is 0 Å². The Labute approximate surface area is 106 Å². The molecule has 1 aliphatic carbocycles. The van der Waals surface area contributed by atoms with E-state index in [1.807, 2.05) is 30.1 Å². The minimum Gasteiger partial charge on any atom is -0.244 e. The Hall–Kier alpha value is -0.470. The molecular weight excluding hydrogens is 238 g/mol. The van der Waals surface area contributed by atoms with Crippen molar-refractivity contribution in [2.24, 2.45) is 5.92 Å². The van der Waals surface area contributed by atoms with Crippen molar-refractivity contribution in [2.45, 2.75) is 24.5 Å². The van der Waals surface area contributed by atoms with Crippen molar-refractivity contribution in [3.63, 3.8) is 0 Å². The molecule has 1 aliphatic rings. The molecule has 1 nitrogen and oxygen atoms in total. The van der Waals surface area contributed by atoms with E-state index in [1.165, 1.54) is 19.3 Å². The van der Waals surface area contributed by atoms with Gasteiger partial charge < -0.3 is 0 Å². The SMILES string of the molecule is CSC1CCC(/C=C/c2ccc(Cl)nc2)C1. The molecule has 1 fully saturated rings. The fourth-order valence-electron chi connectivity index (χ4n) is 2.10. The zero-order valence-electron chi connectivity index (χ0n) is 9.40. The van der Waals surface area contributed by atoms with Crippen molar-refractivity contribution in [3.8, 4) is 0 Å². The van der Waals surface area contributed by atoms with E-state index >= 15 is 0 Å². The molecule has 2 unspecified atom stereocenters. The van der Waals surface area contributed by atoms with Crippen LogP contribution in [0.25, 0.3) is 6.08 Å². The smallest absolute Gasteiger partial charge is 0.129 e. The maximum atomic E-state index is 5.74. The largest absolute Gasteiger partial charge is 0.244 e. The van der Waals surface area contributed by atoms with Crippen molar-refractivity contribution in [3.05, 3.63) is 35.1 Å². The summed E-state index contributed by atoms with van der Waals surface area (Å²) in [5, 5.41) is 1.42. The summed E-state index contributed by atoms with van der Waals surface area (Å²) in [7, 11) is 0. The molecule has 1 aromatic heterocycles. The van der Waals surface area contributed by atoms with Gasteiger partial charge in [0.1, 0.15) is 5.15 Å². The van der Waals surface area contributed by atoms with Gasteiger partial charge in [0.2, 0.25) is 0 Å². The maximum absolute atomic E-state index is 5.74. The summed E-state index contributed by atoms with van der Waals surface area (Å²) in [6.45, 7) is 0. The molecule has 0 aliphatic heterocycles. The highest BCUT2D eigenvalue weighted by Crippen LogP contribution is 2.33. The topological polar surface area (TPSA) is 12.9 Å². The lowest BCUT2D eigenvalue weighted by Gasteiger charge is -2.04. The predicted molar refractivity (Wildman–Crippen MR) is 72.9 cm³/mol. The number of nitrogens with zero attached hydrogens (tertiary/aromatic N) is 1. The number of pyridine rings is 1. The lowest BCUT2D eigenvalue weighted by Crippen LogP contribution is -1.94. The van der Waals surface area contributed by atoms with Crippen molar-refractivity contribution in [1.29, 1.82) is 0 Å². The van der Waals surface area contributed by atoms with Crippen LogP contribution in [0.5, 0.6) is 0 Å². The Bertz CT molecular complexity index is 361. The molecule has 0 spiro atoms. The van der Waals surface area contributed by atoms with E-state index in [-0.39, 0.29) is 0 Å². The van der Waals surface area contributed by atoms with Crippen LogP contribution in [0.3, 0.4) is 0 Å². The summed E-state index contributed by atoms with van der Waals surface area (Å²) in [4.78, 5) is 4.07. The van der Waals surface area contributed by atoms with Crippen molar-refractivity contribution >= 4 is 29.4 Å². The van der Waals surface area contributed by atoms with Crippen LogP contribution in [-0.4, -0.2) is 16.5 Å². The number of halogens is 1. The average molecular weight is 254 g/mol. The van der Waals surface area contributed by atoms with Gasteiger partial charge in [-0.1, -0.05) is 29.8 Å². The van der Waals surface area contributed by atoms with E-state index in [4.69, 9.17) is 11.6 Å². The predicted octanol–water partition coefficient (Wildman–Crippen LogP) is 4.28. The monoisotopic (exact) mass is 253 g/mol. The highest BCUT2D eigenvalue weighted by Gasteiger charge is 2.21. The third-order valence-electron chi connectivity index (χ3n) is 3.07. The van der Waals surface area contributed by atoms with Gasteiger partial charge in [-0.2, -0.15) is 11.8 Å². The first-order chi connectivity index (χ1) is 7.78. The molecule has 0 aromatic carbocycles. The molecule has 3 heteroatoms. The number of hydrogen-bond acceptors (Lipinski definition) is 2. The molecule has 0 N–H and O–H groups in total. The number of hydrogen-bond donors (Lipinski definition) is 0. The number of thioether (sulfide) groups is 1. The Balaban J connectivity index is 1.92. The Morgan fingerprint density at radius 1 is 1.44 bits per heavy atom. The van der Waals surface area contributed by atoms with Gasteiger partial charge in [-0.15, -0.1) is 0 Å².